The number of ether oxygens (including phenoxy) is 3. The summed E-state index contributed by atoms with van der Waals surface area (Å²) < 4.78 is 18.1. The second kappa shape index (κ2) is 9.46. The molecule has 4 rings (SSSR count). The van der Waals surface area contributed by atoms with Crippen LogP contribution in [0.3, 0.4) is 0 Å². The van der Waals surface area contributed by atoms with E-state index in [2.05, 4.69) is 4.99 Å². The Kier molecular flexibility index (Phi) is 6.46. The minimum absolute atomic E-state index is 0.225. The molecule has 2 aromatic carbocycles. The van der Waals surface area contributed by atoms with E-state index in [4.69, 9.17) is 14.2 Å². The van der Waals surface area contributed by atoms with E-state index in [0.717, 1.165) is 11.1 Å². The van der Waals surface area contributed by atoms with Crippen LogP contribution in [0.1, 0.15) is 31.0 Å². The molecule has 8 heteroatoms. The number of benzene rings is 2. The number of fused-ring (bicyclic) bond motifs is 1. The standard InChI is InChI=1S/C25H24N2O5S/c1-5-32-24(29)21-15(2)26-25-27(22(21)16-10-12-18(30-3)13-11-16)23(28)20(33-25)14-17-8-6-7-9-19(17)31-4/h6-14,22H,5H2,1-4H3/b20-14+/t22-/m0/s1. The molecule has 0 spiro atoms. The van der Waals surface area contributed by atoms with E-state index in [9.17, 15) is 9.59 Å². The maximum Gasteiger partial charge on any atom is 0.338 e. The smallest absolute Gasteiger partial charge is 0.338 e. The molecule has 3 aromatic rings. The lowest BCUT2D eigenvalue weighted by Gasteiger charge is -2.24. The fourth-order valence-corrected chi connectivity index (χ4v) is 4.86. The predicted molar refractivity (Wildman–Crippen MR) is 126 cm³/mol. The zero-order valence-corrected chi connectivity index (χ0v) is 19.6. The first kappa shape index (κ1) is 22.5. The number of para-hydroxylation sites is 1. The van der Waals surface area contributed by atoms with Gasteiger partial charge in [0, 0.05) is 5.56 Å². The number of hydrogen-bond donors (Lipinski definition) is 0. The second-order valence-electron chi connectivity index (χ2n) is 7.32. The van der Waals surface area contributed by atoms with Crippen LogP contribution in [-0.2, 0) is 9.53 Å². The number of esters is 1. The average Bonchev–Trinajstić information content (AvgIpc) is 3.13. The number of allylic oxidation sites excluding steroid dienone is 1. The van der Waals surface area contributed by atoms with Crippen LogP contribution in [0.4, 0.5) is 0 Å². The van der Waals surface area contributed by atoms with Crippen molar-refractivity contribution in [2.24, 2.45) is 4.99 Å². The normalized spacial score (nSPS) is 15.6. The summed E-state index contributed by atoms with van der Waals surface area (Å²) in [5.74, 6) is 0.859. The average molecular weight is 465 g/mol. The minimum atomic E-state index is -0.661. The molecule has 170 valence electrons. The van der Waals surface area contributed by atoms with Crippen molar-refractivity contribution in [3.05, 3.63) is 90.6 Å². The van der Waals surface area contributed by atoms with Gasteiger partial charge in [-0.1, -0.05) is 41.7 Å². The highest BCUT2D eigenvalue weighted by atomic mass is 32.1. The summed E-state index contributed by atoms with van der Waals surface area (Å²) in [6.45, 7) is 3.74. The number of aromatic nitrogens is 1. The van der Waals surface area contributed by atoms with Gasteiger partial charge in [0.2, 0.25) is 0 Å². The van der Waals surface area contributed by atoms with Gasteiger partial charge in [-0.3, -0.25) is 9.36 Å². The highest BCUT2D eigenvalue weighted by molar-refractivity contribution is 7.07. The molecule has 0 saturated heterocycles. The Morgan fingerprint density at radius 1 is 1.12 bits per heavy atom. The zero-order valence-electron chi connectivity index (χ0n) is 18.8. The first-order chi connectivity index (χ1) is 16.0. The topological polar surface area (TPSA) is 79.1 Å². The van der Waals surface area contributed by atoms with Gasteiger partial charge in [0.05, 0.1) is 42.7 Å². The van der Waals surface area contributed by atoms with Crippen LogP contribution >= 0.6 is 11.3 Å². The molecule has 0 fully saturated rings. The second-order valence-corrected chi connectivity index (χ2v) is 8.33. The summed E-state index contributed by atoms with van der Waals surface area (Å²) in [4.78, 5) is 31.6. The predicted octanol–water partition coefficient (Wildman–Crippen LogP) is 2.82. The van der Waals surface area contributed by atoms with Crippen molar-refractivity contribution in [1.29, 1.82) is 0 Å². The van der Waals surface area contributed by atoms with Crippen molar-refractivity contribution >= 4 is 23.4 Å². The zero-order chi connectivity index (χ0) is 23.5. The third kappa shape index (κ3) is 4.21. The number of carbonyl (C=O) groups is 1. The van der Waals surface area contributed by atoms with Gasteiger partial charge in [-0.05, 0) is 43.7 Å². The molecular weight excluding hydrogens is 440 g/mol. The number of hydrogen-bond acceptors (Lipinski definition) is 7. The van der Waals surface area contributed by atoms with Gasteiger partial charge in [0.1, 0.15) is 11.5 Å². The van der Waals surface area contributed by atoms with Crippen LogP contribution in [0.25, 0.3) is 6.08 Å². The van der Waals surface area contributed by atoms with E-state index in [1.54, 1.807) is 50.8 Å². The van der Waals surface area contributed by atoms with Gasteiger partial charge in [0.25, 0.3) is 5.56 Å². The van der Waals surface area contributed by atoms with Crippen LogP contribution in [0.5, 0.6) is 11.5 Å². The van der Waals surface area contributed by atoms with E-state index < -0.39 is 12.0 Å². The first-order valence-electron chi connectivity index (χ1n) is 10.4. The molecule has 7 nitrogen and oxygen atoms in total. The third-order valence-electron chi connectivity index (χ3n) is 5.37. The molecule has 0 amide bonds. The fraction of sp³-hybridized carbons (Fsp3) is 0.240. The SMILES string of the molecule is CCOC(=O)C1=C(C)N=c2s/c(=C/c3ccccc3OC)c(=O)n2[C@H]1c1ccc(OC)cc1. The lowest BCUT2D eigenvalue weighted by atomic mass is 9.96. The Labute approximate surface area is 194 Å². The molecule has 0 aliphatic carbocycles. The molecular formula is C25H24N2O5S. The van der Waals surface area contributed by atoms with Crippen LogP contribution in [0, 0.1) is 0 Å². The van der Waals surface area contributed by atoms with Crippen LogP contribution < -0.4 is 24.4 Å². The first-order valence-corrected chi connectivity index (χ1v) is 11.3. The maximum absolute atomic E-state index is 13.6. The monoisotopic (exact) mass is 464 g/mol. The van der Waals surface area contributed by atoms with Crippen molar-refractivity contribution in [3.8, 4) is 11.5 Å². The summed E-state index contributed by atoms with van der Waals surface area (Å²) in [6, 6.07) is 14.1. The molecule has 1 atom stereocenters. The number of nitrogens with zero attached hydrogens (tertiary/aromatic N) is 2. The quantitative estimate of drug-likeness (QED) is 0.524. The molecule has 1 aliphatic rings. The molecule has 0 saturated carbocycles. The van der Waals surface area contributed by atoms with Crippen LogP contribution in [0.15, 0.2) is 69.6 Å². The molecule has 0 N–H and O–H groups in total. The molecule has 2 heterocycles. The highest BCUT2D eigenvalue weighted by Crippen LogP contribution is 2.31. The van der Waals surface area contributed by atoms with Crippen molar-refractivity contribution in [2.45, 2.75) is 19.9 Å². The van der Waals surface area contributed by atoms with Crippen LogP contribution in [-0.4, -0.2) is 31.4 Å². The summed E-state index contributed by atoms with van der Waals surface area (Å²) in [5, 5.41) is 0. The number of methoxy groups -OCH3 is 2. The summed E-state index contributed by atoms with van der Waals surface area (Å²) in [5.41, 5.74) is 2.18. The largest absolute Gasteiger partial charge is 0.497 e. The van der Waals surface area contributed by atoms with Crippen molar-refractivity contribution in [2.75, 3.05) is 20.8 Å². The van der Waals surface area contributed by atoms with E-state index in [1.165, 1.54) is 11.3 Å². The highest BCUT2D eigenvalue weighted by Gasteiger charge is 2.33. The van der Waals surface area contributed by atoms with E-state index in [0.29, 0.717) is 32.1 Å². The Morgan fingerprint density at radius 2 is 1.85 bits per heavy atom. The van der Waals surface area contributed by atoms with Gasteiger partial charge in [-0.15, -0.1) is 0 Å². The Morgan fingerprint density at radius 3 is 2.52 bits per heavy atom. The molecule has 0 bridgehead atoms. The van der Waals surface area contributed by atoms with Gasteiger partial charge >= 0.3 is 5.97 Å². The molecule has 1 aromatic heterocycles. The Bertz CT molecular complexity index is 1400. The lowest BCUT2D eigenvalue weighted by Crippen LogP contribution is -2.39. The van der Waals surface area contributed by atoms with Gasteiger partial charge < -0.3 is 14.2 Å². The molecule has 0 radical (unpaired) electrons. The Hall–Kier alpha value is -3.65. The van der Waals surface area contributed by atoms with Crippen molar-refractivity contribution < 1.29 is 19.0 Å². The van der Waals surface area contributed by atoms with E-state index >= 15 is 0 Å². The minimum Gasteiger partial charge on any atom is -0.497 e. The molecule has 0 unspecified atom stereocenters. The number of thiazole rings is 1. The van der Waals surface area contributed by atoms with Gasteiger partial charge in [-0.2, -0.15) is 0 Å². The van der Waals surface area contributed by atoms with Gasteiger partial charge in [-0.25, -0.2) is 9.79 Å². The van der Waals surface area contributed by atoms with Crippen LogP contribution in [0.2, 0.25) is 0 Å². The third-order valence-corrected chi connectivity index (χ3v) is 6.36. The van der Waals surface area contributed by atoms with E-state index in [1.807, 2.05) is 36.4 Å². The van der Waals surface area contributed by atoms with Crippen molar-refractivity contribution in [1.82, 2.24) is 4.57 Å². The lowest BCUT2D eigenvalue weighted by molar-refractivity contribution is -0.139. The molecule has 33 heavy (non-hydrogen) atoms. The van der Waals surface area contributed by atoms with Crippen molar-refractivity contribution in [3.63, 3.8) is 0 Å². The fourth-order valence-electron chi connectivity index (χ4n) is 3.82. The number of carbonyl (C=O) groups excluding carboxylic acids is 1. The number of rotatable bonds is 6. The van der Waals surface area contributed by atoms with Gasteiger partial charge in [0.15, 0.2) is 4.80 Å². The summed E-state index contributed by atoms with van der Waals surface area (Å²) >= 11 is 1.27. The van der Waals surface area contributed by atoms with E-state index in [-0.39, 0.29) is 12.2 Å². The maximum atomic E-state index is 13.6. The Balaban J connectivity index is 1.95. The molecule has 1 aliphatic heterocycles. The summed E-state index contributed by atoms with van der Waals surface area (Å²) in [7, 11) is 3.18. The summed E-state index contributed by atoms with van der Waals surface area (Å²) in [6.07, 6.45) is 1.79.